The van der Waals surface area contributed by atoms with E-state index in [0.717, 1.165) is 24.8 Å². The summed E-state index contributed by atoms with van der Waals surface area (Å²) in [6, 6.07) is 12.9. The summed E-state index contributed by atoms with van der Waals surface area (Å²) >= 11 is 0. The predicted octanol–water partition coefficient (Wildman–Crippen LogP) is 2.99. The van der Waals surface area contributed by atoms with Crippen LogP contribution in [-0.2, 0) is 0 Å². The van der Waals surface area contributed by atoms with E-state index < -0.39 is 11.3 Å². The summed E-state index contributed by atoms with van der Waals surface area (Å²) in [5.41, 5.74) is 6.07. The highest BCUT2D eigenvalue weighted by Gasteiger charge is 2.54. The molecule has 5 nitrogen and oxygen atoms in total. The summed E-state index contributed by atoms with van der Waals surface area (Å²) < 4.78 is 0. The van der Waals surface area contributed by atoms with Crippen molar-refractivity contribution in [1.29, 1.82) is 15.8 Å². The van der Waals surface area contributed by atoms with E-state index in [1.54, 1.807) is 24.3 Å². The van der Waals surface area contributed by atoms with E-state index in [0.29, 0.717) is 5.56 Å². The molecule has 0 saturated heterocycles. The lowest BCUT2D eigenvalue weighted by Gasteiger charge is -2.43. The minimum absolute atomic E-state index is 0.00680. The zero-order chi connectivity index (χ0) is 17.3. The van der Waals surface area contributed by atoms with E-state index in [4.69, 9.17) is 5.73 Å². The van der Waals surface area contributed by atoms with E-state index in [1.165, 1.54) is 0 Å². The molecule has 1 aromatic rings. The molecule has 3 rings (SSSR count). The van der Waals surface area contributed by atoms with Crippen LogP contribution in [-0.4, -0.2) is 5.11 Å². The van der Waals surface area contributed by atoms with E-state index in [2.05, 4.69) is 18.2 Å². The normalized spacial score (nSPS) is 24.8. The van der Waals surface area contributed by atoms with Gasteiger partial charge in [-0.15, -0.1) is 0 Å². The van der Waals surface area contributed by atoms with Gasteiger partial charge in [0, 0.05) is 11.5 Å². The molecule has 5 heteroatoms. The van der Waals surface area contributed by atoms with Crippen LogP contribution < -0.4 is 5.73 Å². The summed E-state index contributed by atoms with van der Waals surface area (Å²) in [7, 11) is 0. The van der Waals surface area contributed by atoms with Gasteiger partial charge in [0.05, 0.1) is 23.4 Å². The van der Waals surface area contributed by atoms with Gasteiger partial charge in [0.25, 0.3) is 0 Å². The molecule has 0 saturated carbocycles. The SMILES string of the molecule is N#CC1=C(N)C(C#N)(C#N)[C@@H](c2ccccc2O)[C@@H]2CCCC=C12. The molecule has 0 spiro atoms. The molecule has 0 amide bonds. The Hall–Kier alpha value is -3.23. The van der Waals surface area contributed by atoms with Gasteiger partial charge in [-0.25, -0.2) is 0 Å². The molecule has 0 aromatic heterocycles. The molecule has 0 fully saturated rings. The first-order valence-electron chi connectivity index (χ1n) is 7.81. The highest BCUT2D eigenvalue weighted by atomic mass is 16.3. The first-order valence-corrected chi connectivity index (χ1v) is 7.81. The number of fused-ring (bicyclic) bond motifs is 1. The minimum Gasteiger partial charge on any atom is -0.508 e. The molecular weight excluding hydrogens is 300 g/mol. The van der Waals surface area contributed by atoms with Crippen LogP contribution in [0.3, 0.4) is 0 Å². The maximum atomic E-state index is 10.3. The van der Waals surface area contributed by atoms with E-state index in [9.17, 15) is 20.9 Å². The average molecular weight is 316 g/mol. The van der Waals surface area contributed by atoms with Crippen LogP contribution in [0.5, 0.6) is 5.75 Å². The summed E-state index contributed by atoms with van der Waals surface area (Å²) in [6.07, 6.45) is 4.47. The monoisotopic (exact) mass is 316 g/mol. The smallest absolute Gasteiger partial charge is 0.191 e. The van der Waals surface area contributed by atoms with Crippen molar-refractivity contribution in [2.75, 3.05) is 0 Å². The zero-order valence-electron chi connectivity index (χ0n) is 13.0. The Kier molecular flexibility index (Phi) is 3.76. The number of hydrogen-bond donors (Lipinski definition) is 2. The van der Waals surface area contributed by atoms with Crippen LogP contribution in [0.2, 0.25) is 0 Å². The predicted molar refractivity (Wildman–Crippen MR) is 86.8 cm³/mol. The number of nitrogens with zero attached hydrogens (tertiary/aromatic N) is 3. The Morgan fingerprint density at radius 1 is 1.17 bits per heavy atom. The molecule has 3 N–H and O–H groups in total. The second-order valence-electron chi connectivity index (χ2n) is 6.17. The molecule has 2 aliphatic carbocycles. The van der Waals surface area contributed by atoms with Gasteiger partial charge < -0.3 is 10.8 Å². The van der Waals surface area contributed by atoms with Crippen molar-refractivity contribution in [3.63, 3.8) is 0 Å². The van der Waals surface area contributed by atoms with Crippen molar-refractivity contribution >= 4 is 0 Å². The quantitative estimate of drug-likeness (QED) is 0.825. The Bertz CT molecular complexity index is 862. The van der Waals surface area contributed by atoms with Gasteiger partial charge >= 0.3 is 0 Å². The molecule has 0 radical (unpaired) electrons. The Morgan fingerprint density at radius 3 is 2.50 bits per heavy atom. The summed E-state index contributed by atoms with van der Waals surface area (Å²) in [5.74, 6) is -0.749. The van der Waals surface area contributed by atoms with Crippen molar-refractivity contribution in [2.24, 2.45) is 17.1 Å². The number of allylic oxidation sites excluding steroid dienone is 4. The van der Waals surface area contributed by atoms with Gasteiger partial charge in [-0.2, -0.15) is 15.8 Å². The number of rotatable bonds is 1. The topological polar surface area (TPSA) is 118 Å². The number of phenolic OH excluding ortho intramolecular Hbond substituents is 1. The molecule has 0 aliphatic heterocycles. The fraction of sp³-hybridized carbons (Fsp3) is 0.316. The second kappa shape index (κ2) is 5.76. The van der Waals surface area contributed by atoms with Crippen LogP contribution in [0.1, 0.15) is 30.7 Å². The summed E-state index contributed by atoms with van der Waals surface area (Å²) in [6.45, 7) is 0. The number of aromatic hydroxyl groups is 1. The minimum atomic E-state index is -1.66. The van der Waals surface area contributed by atoms with Crippen molar-refractivity contribution in [3.8, 4) is 24.0 Å². The highest BCUT2D eigenvalue weighted by Crippen LogP contribution is 2.56. The van der Waals surface area contributed by atoms with Crippen LogP contribution >= 0.6 is 0 Å². The molecule has 0 heterocycles. The molecule has 1 aromatic carbocycles. The lowest BCUT2D eigenvalue weighted by atomic mass is 9.56. The van der Waals surface area contributed by atoms with Crippen LogP contribution in [0.25, 0.3) is 0 Å². The Balaban J connectivity index is 2.37. The lowest BCUT2D eigenvalue weighted by Crippen LogP contribution is -2.42. The van der Waals surface area contributed by atoms with E-state index >= 15 is 0 Å². The van der Waals surface area contributed by atoms with Crippen molar-refractivity contribution in [1.82, 2.24) is 0 Å². The standard InChI is InChI=1S/C19H16N4O/c20-9-15-12-5-1-2-6-13(12)17(14-7-3-4-8-16(14)24)19(10-21,11-22)18(15)23/h3-5,7-8,13,17,24H,1-2,6,23H2/t13-,17-/m1/s1. The molecule has 2 atom stereocenters. The van der Waals surface area contributed by atoms with Crippen LogP contribution in [0.4, 0.5) is 0 Å². The number of nitriles is 3. The third kappa shape index (κ3) is 1.98. The highest BCUT2D eigenvalue weighted by molar-refractivity contribution is 5.60. The number of nitrogens with two attached hydrogens (primary N) is 1. The maximum Gasteiger partial charge on any atom is 0.191 e. The summed E-state index contributed by atoms with van der Waals surface area (Å²) in [5, 5.41) is 39.5. The van der Waals surface area contributed by atoms with E-state index in [1.807, 2.05) is 6.08 Å². The van der Waals surface area contributed by atoms with Crippen molar-refractivity contribution in [3.05, 3.63) is 52.7 Å². The number of phenols is 1. The zero-order valence-corrected chi connectivity index (χ0v) is 13.0. The lowest BCUT2D eigenvalue weighted by molar-refractivity contribution is 0.308. The van der Waals surface area contributed by atoms with Gasteiger partial charge in [0.15, 0.2) is 5.41 Å². The van der Waals surface area contributed by atoms with Crippen LogP contribution in [0.15, 0.2) is 47.2 Å². The average Bonchev–Trinajstić information content (AvgIpc) is 2.62. The molecule has 2 aliphatic rings. The van der Waals surface area contributed by atoms with Gasteiger partial charge in [-0.3, -0.25) is 0 Å². The molecule has 0 bridgehead atoms. The number of hydrogen-bond acceptors (Lipinski definition) is 5. The molecule has 24 heavy (non-hydrogen) atoms. The van der Waals surface area contributed by atoms with Gasteiger partial charge in [-0.1, -0.05) is 24.3 Å². The first-order chi connectivity index (χ1) is 11.6. The van der Waals surface area contributed by atoms with Gasteiger partial charge in [0.1, 0.15) is 11.8 Å². The van der Waals surface area contributed by atoms with Crippen LogP contribution in [0, 0.1) is 45.3 Å². The molecular formula is C19H16N4O. The maximum absolute atomic E-state index is 10.3. The third-order valence-corrected chi connectivity index (χ3v) is 5.07. The Morgan fingerprint density at radius 2 is 1.88 bits per heavy atom. The second-order valence-corrected chi connectivity index (χ2v) is 6.17. The number of para-hydroxylation sites is 1. The Labute approximate surface area is 140 Å². The summed E-state index contributed by atoms with van der Waals surface area (Å²) in [4.78, 5) is 0. The number of benzene rings is 1. The third-order valence-electron chi connectivity index (χ3n) is 5.07. The molecule has 0 unspecified atom stereocenters. The van der Waals surface area contributed by atoms with Crippen molar-refractivity contribution < 1.29 is 5.11 Å². The largest absolute Gasteiger partial charge is 0.508 e. The molecule has 118 valence electrons. The van der Waals surface area contributed by atoms with Gasteiger partial charge in [0.2, 0.25) is 0 Å². The fourth-order valence-corrected chi connectivity index (χ4v) is 3.97. The first kappa shape index (κ1) is 15.7. The van der Waals surface area contributed by atoms with Gasteiger partial charge in [-0.05, 0) is 36.8 Å². The van der Waals surface area contributed by atoms with Crippen molar-refractivity contribution in [2.45, 2.75) is 25.2 Å². The van der Waals surface area contributed by atoms with E-state index in [-0.39, 0.29) is 22.9 Å². The fourth-order valence-electron chi connectivity index (χ4n) is 3.97.